The number of alkyl halides is 1. The van der Waals surface area contributed by atoms with Gasteiger partial charge in [-0.25, -0.2) is 4.39 Å². The van der Waals surface area contributed by atoms with E-state index in [1.807, 2.05) is 0 Å². The minimum atomic E-state index is -0.913. The van der Waals surface area contributed by atoms with E-state index < -0.39 is 5.67 Å². The average Bonchev–Trinajstić information content (AvgIpc) is 2.69. The quantitative estimate of drug-likeness (QED) is 0.493. The molecule has 1 aliphatic rings. The molecule has 2 aromatic rings. The first-order valence-electron chi connectivity index (χ1n) is 10.5. The maximum absolute atomic E-state index is 14.6. The zero-order valence-corrected chi connectivity index (χ0v) is 16.7. The van der Waals surface area contributed by atoms with Gasteiger partial charge in [-0.15, -0.1) is 0 Å². The first-order chi connectivity index (χ1) is 13.1. The fourth-order valence-corrected chi connectivity index (χ4v) is 4.19. The van der Waals surface area contributed by atoms with Crippen LogP contribution in [0.15, 0.2) is 48.5 Å². The summed E-state index contributed by atoms with van der Waals surface area (Å²) in [4.78, 5) is 0. The molecule has 3 rings (SSSR count). The van der Waals surface area contributed by atoms with Gasteiger partial charge in [-0.05, 0) is 79.8 Å². The molecule has 1 saturated carbocycles. The van der Waals surface area contributed by atoms with Crippen LogP contribution >= 0.6 is 0 Å². The van der Waals surface area contributed by atoms with E-state index in [0.717, 1.165) is 36.8 Å². The first kappa shape index (κ1) is 19.7. The highest BCUT2D eigenvalue weighted by Crippen LogP contribution is 2.42. The number of aryl methyl sites for hydroxylation is 1. The minimum Gasteiger partial charge on any atom is -0.244 e. The van der Waals surface area contributed by atoms with Crippen molar-refractivity contribution < 1.29 is 4.39 Å². The molecule has 2 aromatic carbocycles. The van der Waals surface area contributed by atoms with Crippen LogP contribution in [0.5, 0.6) is 0 Å². The Balaban J connectivity index is 1.60. The summed E-state index contributed by atoms with van der Waals surface area (Å²) in [6, 6.07) is 17.1. The summed E-state index contributed by atoms with van der Waals surface area (Å²) in [6.45, 7) is 4.27. The largest absolute Gasteiger partial charge is 0.244 e. The molecule has 0 atom stereocenters. The van der Waals surface area contributed by atoms with Crippen LogP contribution in [0.2, 0.25) is 0 Å². The van der Waals surface area contributed by atoms with Gasteiger partial charge in [0.2, 0.25) is 0 Å². The SMILES string of the molecule is CCCc1ccc(C#Cc2ccc(C3CCC(F)(CCC)CC3)cc2)cc1. The molecule has 1 heteroatoms. The van der Waals surface area contributed by atoms with Crippen molar-refractivity contribution >= 4 is 0 Å². The molecule has 142 valence electrons. The predicted molar refractivity (Wildman–Crippen MR) is 113 cm³/mol. The Morgan fingerprint density at radius 3 is 1.93 bits per heavy atom. The molecule has 0 spiro atoms. The second-order valence-electron chi connectivity index (χ2n) is 7.99. The summed E-state index contributed by atoms with van der Waals surface area (Å²) in [7, 11) is 0. The normalized spacial score (nSPS) is 22.1. The Morgan fingerprint density at radius 2 is 1.41 bits per heavy atom. The van der Waals surface area contributed by atoms with E-state index in [-0.39, 0.29) is 0 Å². The smallest absolute Gasteiger partial charge is 0.111 e. The summed E-state index contributed by atoms with van der Waals surface area (Å²) in [5, 5.41) is 0. The summed E-state index contributed by atoms with van der Waals surface area (Å²) in [5.74, 6) is 7.02. The summed E-state index contributed by atoms with van der Waals surface area (Å²) < 4.78 is 14.6. The number of halogens is 1. The molecule has 27 heavy (non-hydrogen) atoms. The lowest BCUT2D eigenvalue weighted by Gasteiger charge is -2.34. The van der Waals surface area contributed by atoms with E-state index in [9.17, 15) is 4.39 Å². The van der Waals surface area contributed by atoms with Gasteiger partial charge in [0.15, 0.2) is 0 Å². The molecular weight excluding hydrogens is 331 g/mol. The van der Waals surface area contributed by atoms with Crippen LogP contribution in [0.3, 0.4) is 0 Å². The van der Waals surface area contributed by atoms with Gasteiger partial charge >= 0.3 is 0 Å². The third-order valence-corrected chi connectivity index (χ3v) is 5.81. The van der Waals surface area contributed by atoms with Crippen LogP contribution in [-0.4, -0.2) is 5.67 Å². The van der Waals surface area contributed by atoms with Crippen molar-refractivity contribution in [3.05, 3.63) is 70.8 Å². The summed E-state index contributed by atoms with van der Waals surface area (Å²) in [5.41, 5.74) is 3.89. The van der Waals surface area contributed by atoms with Crippen molar-refractivity contribution in [1.29, 1.82) is 0 Å². The van der Waals surface area contributed by atoms with Crippen LogP contribution in [0.25, 0.3) is 0 Å². The first-order valence-corrected chi connectivity index (χ1v) is 10.5. The van der Waals surface area contributed by atoms with Gasteiger partial charge < -0.3 is 0 Å². The van der Waals surface area contributed by atoms with E-state index in [4.69, 9.17) is 0 Å². The third-order valence-electron chi connectivity index (χ3n) is 5.81. The molecule has 0 aromatic heterocycles. The Kier molecular flexibility index (Phi) is 6.73. The predicted octanol–water partition coefficient (Wildman–Crippen LogP) is 7.20. The number of hydrogen-bond acceptors (Lipinski definition) is 0. The molecule has 0 aliphatic heterocycles. The summed E-state index contributed by atoms with van der Waals surface area (Å²) >= 11 is 0. The second-order valence-corrected chi connectivity index (χ2v) is 7.99. The van der Waals surface area contributed by atoms with Crippen molar-refractivity contribution in [2.75, 3.05) is 0 Å². The van der Waals surface area contributed by atoms with Crippen LogP contribution in [0, 0.1) is 11.8 Å². The monoisotopic (exact) mass is 362 g/mol. The van der Waals surface area contributed by atoms with E-state index in [1.54, 1.807) is 0 Å². The van der Waals surface area contributed by atoms with Gasteiger partial charge in [0.05, 0.1) is 0 Å². The van der Waals surface area contributed by atoms with Crippen LogP contribution < -0.4 is 0 Å². The van der Waals surface area contributed by atoms with Crippen molar-refractivity contribution in [1.82, 2.24) is 0 Å². The van der Waals surface area contributed by atoms with E-state index in [2.05, 4.69) is 74.2 Å². The molecule has 0 saturated heterocycles. The molecule has 0 nitrogen and oxygen atoms in total. The lowest BCUT2D eigenvalue weighted by molar-refractivity contribution is 0.0874. The lowest BCUT2D eigenvalue weighted by atomic mass is 9.75. The highest BCUT2D eigenvalue weighted by atomic mass is 19.1. The van der Waals surface area contributed by atoms with E-state index in [0.29, 0.717) is 25.2 Å². The van der Waals surface area contributed by atoms with Crippen molar-refractivity contribution in [2.24, 2.45) is 0 Å². The van der Waals surface area contributed by atoms with Crippen molar-refractivity contribution in [2.45, 2.75) is 76.8 Å². The lowest BCUT2D eigenvalue weighted by Crippen LogP contribution is -2.28. The molecule has 0 N–H and O–H groups in total. The van der Waals surface area contributed by atoms with Crippen molar-refractivity contribution in [3.8, 4) is 11.8 Å². The maximum atomic E-state index is 14.6. The van der Waals surface area contributed by atoms with Crippen molar-refractivity contribution in [3.63, 3.8) is 0 Å². The number of hydrogen-bond donors (Lipinski definition) is 0. The van der Waals surface area contributed by atoms with Crippen LogP contribution in [0.1, 0.15) is 87.0 Å². The highest BCUT2D eigenvalue weighted by Gasteiger charge is 2.34. The van der Waals surface area contributed by atoms with E-state index in [1.165, 1.54) is 17.5 Å². The molecule has 0 bridgehead atoms. The van der Waals surface area contributed by atoms with Gasteiger partial charge in [-0.1, -0.05) is 62.8 Å². The highest BCUT2D eigenvalue weighted by molar-refractivity contribution is 5.44. The van der Waals surface area contributed by atoms with Crippen LogP contribution in [-0.2, 0) is 6.42 Å². The zero-order chi connectivity index (χ0) is 19.1. The molecule has 0 amide bonds. The Hall–Kier alpha value is -2.07. The summed E-state index contributed by atoms with van der Waals surface area (Å²) in [6.07, 6.45) is 7.30. The number of rotatable bonds is 5. The second kappa shape index (κ2) is 9.23. The molecule has 0 unspecified atom stereocenters. The minimum absolute atomic E-state index is 0.499. The van der Waals surface area contributed by atoms with Gasteiger partial charge in [0.1, 0.15) is 5.67 Å². The molecular formula is C26H31F. The standard InChI is InChI=1S/C26H31F/c1-3-5-21-6-8-22(9-7-21)10-11-23-12-14-24(15-13-23)25-16-19-26(27,18-4-2)20-17-25/h6-9,12-15,25H,3-5,16-20H2,1-2H3. The molecule has 0 radical (unpaired) electrons. The maximum Gasteiger partial charge on any atom is 0.111 e. The fourth-order valence-electron chi connectivity index (χ4n) is 4.19. The van der Waals surface area contributed by atoms with E-state index >= 15 is 0 Å². The Morgan fingerprint density at radius 1 is 0.852 bits per heavy atom. The average molecular weight is 363 g/mol. The Bertz CT molecular complexity index is 766. The zero-order valence-electron chi connectivity index (χ0n) is 16.7. The van der Waals surface area contributed by atoms with Gasteiger partial charge in [-0.2, -0.15) is 0 Å². The topological polar surface area (TPSA) is 0 Å². The van der Waals surface area contributed by atoms with Crippen LogP contribution in [0.4, 0.5) is 4.39 Å². The number of benzene rings is 2. The third kappa shape index (κ3) is 5.46. The molecule has 0 heterocycles. The molecule has 1 fully saturated rings. The fraction of sp³-hybridized carbons (Fsp3) is 0.462. The van der Waals surface area contributed by atoms with Gasteiger partial charge in [-0.3, -0.25) is 0 Å². The molecule has 1 aliphatic carbocycles. The van der Waals surface area contributed by atoms with Gasteiger partial charge in [0, 0.05) is 11.1 Å². The Labute approximate surface area is 164 Å². The van der Waals surface area contributed by atoms with Gasteiger partial charge in [0.25, 0.3) is 0 Å².